The van der Waals surface area contributed by atoms with E-state index in [-0.39, 0.29) is 23.7 Å². The number of nitrogens with one attached hydrogen (secondary N) is 1. The number of rotatable bonds is 8. The average Bonchev–Trinajstić information content (AvgIpc) is 3.15. The Labute approximate surface area is 195 Å². The molecule has 0 aliphatic heterocycles. The van der Waals surface area contributed by atoms with Crippen molar-refractivity contribution in [3.63, 3.8) is 0 Å². The van der Waals surface area contributed by atoms with Crippen molar-refractivity contribution >= 4 is 40.9 Å². The van der Waals surface area contributed by atoms with Gasteiger partial charge in [-0.15, -0.1) is 10.2 Å². The van der Waals surface area contributed by atoms with E-state index in [4.69, 9.17) is 23.2 Å². The van der Waals surface area contributed by atoms with E-state index in [0.29, 0.717) is 33.7 Å². The van der Waals surface area contributed by atoms with Crippen LogP contribution in [0, 0.1) is 11.7 Å². The monoisotopic (exact) mass is 480 g/mol. The molecule has 0 spiro atoms. The fourth-order valence-electron chi connectivity index (χ4n) is 3.05. The van der Waals surface area contributed by atoms with E-state index in [0.717, 1.165) is 10.7 Å². The third-order valence-corrected chi connectivity index (χ3v) is 6.53. The third kappa shape index (κ3) is 5.79. The predicted octanol–water partition coefficient (Wildman–Crippen LogP) is 6.16. The Morgan fingerprint density at radius 1 is 1.13 bits per heavy atom. The van der Waals surface area contributed by atoms with Gasteiger partial charge >= 0.3 is 0 Å². The first-order valence-electron chi connectivity index (χ1n) is 9.86. The summed E-state index contributed by atoms with van der Waals surface area (Å²) in [7, 11) is 0. The number of amides is 1. The molecule has 0 radical (unpaired) electrons. The molecule has 1 atom stereocenters. The first-order valence-corrected chi connectivity index (χ1v) is 11.6. The van der Waals surface area contributed by atoms with Gasteiger partial charge in [0.25, 0.3) is 5.91 Å². The van der Waals surface area contributed by atoms with Crippen LogP contribution in [0.5, 0.6) is 0 Å². The van der Waals surface area contributed by atoms with E-state index in [2.05, 4.69) is 15.5 Å². The number of thioether (sulfide) groups is 1. The van der Waals surface area contributed by atoms with Gasteiger partial charge in [-0.05, 0) is 48.7 Å². The minimum atomic E-state index is -0.338. The van der Waals surface area contributed by atoms with Gasteiger partial charge in [0, 0.05) is 17.9 Å². The molecule has 3 aromatic rings. The van der Waals surface area contributed by atoms with Crippen molar-refractivity contribution in [1.29, 1.82) is 0 Å². The van der Waals surface area contributed by atoms with E-state index in [9.17, 15) is 9.18 Å². The largest absolute Gasteiger partial charge is 0.342 e. The minimum absolute atomic E-state index is 0.0798. The number of hydrogen-bond donors (Lipinski definition) is 1. The second-order valence-electron chi connectivity index (χ2n) is 7.32. The van der Waals surface area contributed by atoms with Crippen molar-refractivity contribution in [2.45, 2.75) is 44.3 Å². The second kappa shape index (κ2) is 10.5. The lowest BCUT2D eigenvalue weighted by atomic mass is 10.0. The SMILES string of the molecule is CCn1c(SCc2ccc(F)cc2)nnc1[C@@H](NC(=O)c1ccc(Cl)c(Cl)c1)C(C)C. The van der Waals surface area contributed by atoms with Crippen LogP contribution >= 0.6 is 35.0 Å². The Bertz CT molecular complexity index is 1060. The van der Waals surface area contributed by atoms with Crippen LogP contribution in [0.3, 0.4) is 0 Å². The lowest BCUT2D eigenvalue weighted by molar-refractivity contribution is 0.0922. The van der Waals surface area contributed by atoms with E-state index < -0.39 is 0 Å². The molecule has 0 aliphatic carbocycles. The highest BCUT2D eigenvalue weighted by atomic mass is 35.5. The van der Waals surface area contributed by atoms with Gasteiger partial charge in [0.1, 0.15) is 5.82 Å². The van der Waals surface area contributed by atoms with Crippen molar-refractivity contribution in [2.75, 3.05) is 0 Å². The lowest BCUT2D eigenvalue weighted by Crippen LogP contribution is -2.33. The molecule has 0 saturated carbocycles. The molecule has 1 heterocycles. The summed E-state index contributed by atoms with van der Waals surface area (Å²) in [6.45, 7) is 6.69. The lowest BCUT2D eigenvalue weighted by Gasteiger charge is -2.22. The van der Waals surface area contributed by atoms with E-state index in [1.54, 1.807) is 30.3 Å². The van der Waals surface area contributed by atoms with Crippen LogP contribution in [0.15, 0.2) is 47.6 Å². The molecule has 5 nitrogen and oxygen atoms in total. The zero-order valence-electron chi connectivity index (χ0n) is 17.4. The van der Waals surface area contributed by atoms with Gasteiger partial charge in [0.05, 0.1) is 16.1 Å². The Kier molecular flexibility index (Phi) is 7.97. The first-order chi connectivity index (χ1) is 14.8. The van der Waals surface area contributed by atoms with Gasteiger partial charge in [-0.3, -0.25) is 4.79 Å². The Balaban J connectivity index is 1.79. The standard InChI is InChI=1S/C22H23Cl2FN4OS/c1-4-29-20(27-28-22(29)31-12-14-5-8-16(25)9-6-14)19(13(2)3)26-21(30)15-7-10-17(23)18(24)11-15/h5-11,13,19H,4,12H2,1-3H3,(H,26,30)/t19-/m0/s1. The zero-order valence-corrected chi connectivity index (χ0v) is 19.7. The first kappa shape index (κ1) is 23.6. The fraction of sp³-hybridized carbons (Fsp3) is 0.318. The molecule has 9 heteroatoms. The van der Waals surface area contributed by atoms with Crippen LogP contribution in [0.4, 0.5) is 4.39 Å². The molecular weight excluding hydrogens is 458 g/mol. The van der Waals surface area contributed by atoms with E-state index >= 15 is 0 Å². The Morgan fingerprint density at radius 3 is 2.45 bits per heavy atom. The van der Waals surface area contributed by atoms with Crippen molar-refractivity contribution in [3.8, 4) is 0 Å². The van der Waals surface area contributed by atoms with Gasteiger partial charge in [0.2, 0.25) is 0 Å². The van der Waals surface area contributed by atoms with Crippen LogP contribution < -0.4 is 5.32 Å². The van der Waals surface area contributed by atoms with Crippen molar-refractivity contribution in [1.82, 2.24) is 20.1 Å². The molecule has 0 aliphatic rings. The van der Waals surface area contributed by atoms with Gasteiger partial charge < -0.3 is 9.88 Å². The van der Waals surface area contributed by atoms with Crippen LogP contribution in [-0.2, 0) is 12.3 Å². The summed E-state index contributed by atoms with van der Waals surface area (Å²) in [4.78, 5) is 12.8. The highest BCUT2D eigenvalue weighted by Crippen LogP contribution is 2.28. The molecule has 1 aromatic heterocycles. The van der Waals surface area contributed by atoms with E-state index in [1.165, 1.54) is 23.9 Å². The number of carbonyl (C=O) groups is 1. The second-order valence-corrected chi connectivity index (χ2v) is 9.08. The van der Waals surface area contributed by atoms with Crippen LogP contribution in [0.2, 0.25) is 10.0 Å². The normalized spacial score (nSPS) is 12.2. The smallest absolute Gasteiger partial charge is 0.251 e. The fourth-order valence-corrected chi connectivity index (χ4v) is 4.32. The van der Waals surface area contributed by atoms with Crippen molar-refractivity contribution < 1.29 is 9.18 Å². The number of benzene rings is 2. The van der Waals surface area contributed by atoms with Gasteiger partial charge in [0.15, 0.2) is 11.0 Å². The minimum Gasteiger partial charge on any atom is -0.342 e. The summed E-state index contributed by atoms with van der Waals surface area (Å²) < 4.78 is 15.1. The molecule has 2 aromatic carbocycles. The van der Waals surface area contributed by atoms with Crippen molar-refractivity contribution in [3.05, 3.63) is 75.3 Å². The third-order valence-electron chi connectivity index (χ3n) is 4.76. The summed E-state index contributed by atoms with van der Waals surface area (Å²) in [5.41, 5.74) is 1.42. The number of aromatic nitrogens is 3. The molecule has 0 unspecified atom stereocenters. The molecule has 0 fully saturated rings. The summed E-state index contributed by atoms with van der Waals surface area (Å²) >= 11 is 13.5. The van der Waals surface area contributed by atoms with Crippen LogP contribution in [0.1, 0.15) is 48.6 Å². The number of halogens is 3. The quantitative estimate of drug-likeness (QED) is 0.392. The molecule has 0 bridgehead atoms. The summed E-state index contributed by atoms with van der Waals surface area (Å²) in [5.74, 6) is 0.887. The Morgan fingerprint density at radius 2 is 1.84 bits per heavy atom. The highest BCUT2D eigenvalue weighted by Gasteiger charge is 2.26. The molecule has 1 N–H and O–H groups in total. The number of carbonyl (C=O) groups excluding carboxylic acids is 1. The average molecular weight is 481 g/mol. The van der Waals surface area contributed by atoms with E-state index in [1.807, 2.05) is 25.3 Å². The molecular formula is C22H23Cl2FN4OS. The van der Waals surface area contributed by atoms with Crippen molar-refractivity contribution in [2.24, 2.45) is 5.92 Å². The maximum Gasteiger partial charge on any atom is 0.251 e. The topological polar surface area (TPSA) is 59.8 Å². The molecule has 164 valence electrons. The van der Waals surface area contributed by atoms with Crippen LogP contribution in [-0.4, -0.2) is 20.7 Å². The molecule has 0 saturated heterocycles. The summed E-state index contributed by atoms with van der Waals surface area (Å²) in [5, 5.41) is 13.2. The van der Waals surface area contributed by atoms with Gasteiger partial charge in [-0.25, -0.2) is 4.39 Å². The number of hydrogen-bond acceptors (Lipinski definition) is 4. The van der Waals surface area contributed by atoms with Gasteiger partial charge in [-0.2, -0.15) is 0 Å². The molecule has 31 heavy (non-hydrogen) atoms. The van der Waals surface area contributed by atoms with Gasteiger partial charge in [-0.1, -0.05) is 60.9 Å². The highest BCUT2D eigenvalue weighted by molar-refractivity contribution is 7.98. The summed E-state index contributed by atoms with van der Waals surface area (Å²) in [6.07, 6.45) is 0. The summed E-state index contributed by atoms with van der Waals surface area (Å²) in [6, 6.07) is 10.8. The Hall–Kier alpha value is -2.09. The predicted molar refractivity (Wildman–Crippen MR) is 123 cm³/mol. The molecule has 3 rings (SSSR count). The maximum atomic E-state index is 13.1. The zero-order chi connectivity index (χ0) is 22.5. The maximum absolute atomic E-state index is 13.1. The number of nitrogens with zero attached hydrogens (tertiary/aromatic N) is 3. The van der Waals surface area contributed by atoms with Crippen LogP contribution in [0.25, 0.3) is 0 Å². The molecule has 1 amide bonds.